The molecule has 2 aromatic rings. The molecule has 106 valence electrons. The van der Waals surface area contributed by atoms with Crippen LogP contribution in [0.5, 0.6) is 0 Å². The first kappa shape index (κ1) is 14.2. The molecule has 0 saturated carbocycles. The van der Waals surface area contributed by atoms with Gasteiger partial charge in [0.05, 0.1) is 5.69 Å². The average Bonchev–Trinajstić information content (AvgIpc) is 2.87. The van der Waals surface area contributed by atoms with E-state index in [1.165, 1.54) is 0 Å². The van der Waals surface area contributed by atoms with Crippen molar-refractivity contribution >= 4 is 5.97 Å². The summed E-state index contributed by atoms with van der Waals surface area (Å²) in [5.41, 5.74) is 2.50. The number of aliphatic carboxylic acids is 1. The van der Waals surface area contributed by atoms with Gasteiger partial charge in [0.1, 0.15) is 6.04 Å². The van der Waals surface area contributed by atoms with E-state index < -0.39 is 12.0 Å². The van der Waals surface area contributed by atoms with Gasteiger partial charge in [0.25, 0.3) is 0 Å². The lowest BCUT2D eigenvalue weighted by molar-refractivity contribution is -0.139. The van der Waals surface area contributed by atoms with Gasteiger partial charge in [-0.25, -0.2) is 0 Å². The van der Waals surface area contributed by atoms with E-state index in [-0.39, 0.29) is 0 Å². The SMILES string of the molecule is CCn1cc(CNC(C(=O)O)c2cccc(C)c2)nn1. The lowest BCUT2D eigenvalue weighted by Gasteiger charge is -2.14. The maximum absolute atomic E-state index is 11.4. The van der Waals surface area contributed by atoms with Crippen molar-refractivity contribution in [2.75, 3.05) is 0 Å². The Morgan fingerprint density at radius 3 is 2.90 bits per heavy atom. The number of nitrogens with zero attached hydrogens (tertiary/aromatic N) is 3. The zero-order chi connectivity index (χ0) is 14.5. The highest BCUT2D eigenvalue weighted by Crippen LogP contribution is 2.15. The zero-order valence-corrected chi connectivity index (χ0v) is 11.6. The fraction of sp³-hybridized carbons (Fsp3) is 0.357. The lowest BCUT2D eigenvalue weighted by Crippen LogP contribution is -2.28. The first-order valence-electron chi connectivity index (χ1n) is 6.52. The number of hydrogen-bond acceptors (Lipinski definition) is 4. The van der Waals surface area contributed by atoms with Crippen LogP contribution in [0.2, 0.25) is 0 Å². The van der Waals surface area contributed by atoms with Gasteiger partial charge < -0.3 is 5.11 Å². The molecule has 1 aromatic carbocycles. The molecule has 0 aliphatic carbocycles. The molecular weight excluding hydrogens is 256 g/mol. The first-order valence-corrected chi connectivity index (χ1v) is 6.52. The first-order chi connectivity index (χ1) is 9.60. The Labute approximate surface area is 117 Å². The second-order valence-corrected chi connectivity index (χ2v) is 4.63. The summed E-state index contributed by atoms with van der Waals surface area (Å²) >= 11 is 0. The summed E-state index contributed by atoms with van der Waals surface area (Å²) in [6.45, 7) is 5.02. The highest BCUT2D eigenvalue weighted by molar-refractivity contribution is 5.75. The third kappa shape index (κ3) is 3.42. The third-order valence-electron chi connectivity index (χ3n) is 3.02. The molecule has 0 saturated heterocycles. The average molecular weight is 274 g/mol. The number of carboxylic acid groups (broad SMARTS) is 1. The molecule has 6 nitrogen and oxygen atoms in total. The lowest BCUT2D eigenvalue weighted by atomic mass is 10.0. The Hall–Kier alpha value is -2.21. The van der Waals surface area contributed by atoms with Gasteiger partial charge in [-0.3, -0.25) is 14.8 Å². The van der Waals surface area contributed by atoms with Gasteiger partial charge in [0.15, 0.2) is 0 Å². The minimum atomic E-state index is -0.904. The van der Waals surface area contributed by atoms with Crippen LogP contribution in [0.25, 0.3) is 0 Å². The summed E-state index contributed by atoms with van der Waals surface area (Å²) in [5.74, 6) is -0.904. The minimum Gasteiger partial charge on any atom is -0.480 e. The normalized spacial score (nSPS) is 12.3. The standard InChI is InChI=1S/C14H18N4O2/c1-3-18-9-12(16-17-18)8-15-13(14(19)20)11-6-4-5-10(2)7-11/h4-7,9,13,15H,3,8H2,1-2H3,(H,19,20). The van der Waals surface area contributed by atoms with Gasteiger partial charge in [-0.2, -0.15) is 0 Å². The van der Waals surface area contributed by atoms with Crippen molar-refractivity contribution in [3.05, 3.63) is 47.3 Å². The summed E-state index contributed by atoms with van der Waals surface area (Å²) in [6, 6.07) is 6.73. The number of rotatable bonds is 6. The maximum atomic E-state index is 11.4. The molecule has 0 aliphatic rings. The van der Waals surface area contributed by atoms with Gasteiger partial charge in [0, 0.05) is 19.3 Å². The summed E-state index contributed by atoms with van der Waals surface area (Å²) in [4.78, 5) is 11.4. The molecule has 2 N–H and O–H groups in total. The Morgan fingerprint density at radius 1 is 1.50 bits per heavy atom. The van der Waals surface area contributed by atoms with E-state index in [0.29, 0.717) is 6.54 Å². The number of benzene rings is 1. The van der Waals surface area contributed by atoms with Crippen LogP contribution >= 0.6 is 0 Å². The quantitative estimate of drug-likeness (QED) is 0.835. The van der Waals surface area contributed by atoms with Crippen LogP contribution in [0, 0.1) is 6.92 Å². The van der Waals surface area contributed by atoms with Crippen LogP contribution < -0.4 is 5.32 Å². The molecule has 1 unspecified atom stereocenters. The molecule has 0 fully saturated rings. The number of aryl methyl sites for hydroxylation is 2. The fourth-order valence-corrected chi connectivity index (χ4v) is 1.98. The second-order valence-electron chi connectivity index (χ2n) is 4.63. The Morgan fingerprint density at radius 2 is 2.30 bits per heavy atom. The van der Waals surface area contributed by atoms with Crippen molar-refractivity contribution in [1.82, 2.24) is 20.3 Å². The summed E-state index contributed by atoms with van der Waals surface area (Å²) < 4.78 is 1.71. The molecule has 1 heterocycles. The van der Waals surface area contributed by atoms with Gasteiger partial charge in [0.2, 0.25) is 0 Å². The molecule has 0 aliphatic heterocycles. The molecule has 1 atom stereocenters. The van der Waals surface area contributed by atoms with Crippen LogP contribution in [-0.2, 0) is 17.9 Å². The van der Waals surface area contributed by atoms with E-state index in [2.05, 4.69) is 15.6 Å². The predicted octanol–water partition coefficient (Wildman–Crippen LogP) is 1.52. The molecule has 0 amide bonds. The maximum Gasteiger partial charge on any atom is 0.325 e. The number of carboxylic acids is 1. The van der Waals surface area contributed by atoms with Gasteiger partial charge in [-0.05, 0) is 19.4 Å². The van der Waals surface area contributed by atoms with Gasteiger partial charge in [-0.15, -0.1) is 5.10 Å². The van der Waals surface area contributed by atoms with E-state index in [9.17, 15) is 9.90 Å². The molecule has 6 heteroatoms. The molecule has 0 spiro atoms. The van der Waals surface area contributed by atoms with Gasteiger partial charge in [-0.1, -0.05) is 35.0 Å². The summed E-state index contributed by atoms with van der Waals surface area (Å²) in [5, 5.41) is 20.3. The molecular formula is C14H18N4O2. The van der Waals surface area contributed by atoms with Crippen LogP contribution in [-0.4, -0.2) is 26.1 Å². The number of aromatic nitrogens is 3. The topological polar surface area (TPSA) is 80.0 Å². The highest BCUT2D eigenvalue weighted by Gasteiger charge is 2.19. The smallest absolute Gasteiger partial charge is 0.325 e. The van der Waals surface area contributed by atoms with Crippen molar-refractivity contribution in [3.8, 4) is 0 Å². The van der Waals surface area contributed by atoms with E-state index in [1.807, 2.05) is 44.3 Å². The third-order valence-corrected chi connectivity index (χ3v) is 3.02. The molecule has 2 rings (SSSR count). The minimum absolute atomic E-state index is 0.366. The van der Waals surface area contributed by atoms with Crippen LogP contribution in [0.3, 0.4) is 0 Å². The van der Waals surface area contributed by atoms with Crippen molar-refractivity contribution in [1.29, 1.82) is 0 Å². The second kappa shape index (κ2) is 6.29. The highest BCUT2D eigenvalue weighted by atomic mass is 16.4. The zero-order valence-electron chi connectivity index (χ0n) is 11.6. The monoisotopic (exact) mass is 274 g/mol. The molecule has 0 bridgehead atoms. The van der Waals surface area contributed by atoms with E-state index in [1.54, 1.807) is 4.68 Å². The Kier molecular flexibility index (Phi) is 4.47. The van der Waals surface area contributed by atoms with Crippen LogP contribution in [0.4, 0.5) is 0 Å². The number of carbonyl (C=O) groups is 1. The summed E-state index contributed by atoms with van der Waals surface area (Å²) in [6.07, 6.45) is 1.81. The predicted molar refractivity (Wildman–Crippen MR) is 74.1 cm³/mol. The van der Waals surface area contributed by atoms with Crippen molar-refractivity contribution in [2.24, 2.45) is 0 Å². The molecule has 1 aromatic heterocycles. The Bertz CT molecular complexity index is 594. The molecule has 20 heavy (non-hydrogen) atoms. The van der Waals surface area contributed by atoms with Crippen molar-refractivity contribution in [2.45, 2.75) is 33.0 Å². The van der Waals surface area contributed by atoms with Crippen LogP contribution in [0.15, 0.2) is 30.5 Å². The van der Waals surface area contributed by atoms with Crippen molar-refractivity contribution in [3.63, 3.8) is 0 Å². The van der Waals surface area contributed by atoms with Crippen LogP contribution in [0.1, 0.15) is 29.8 Å². The van der Waals surface area contributed by atoms with Crippen molar-refractivity contribution < 1.29 is 9.90 Å². The van der Waals surface area contributed by atoms with E-state index >= 15 is 0 Å². The van der Waals surface area contributed by atoms with Gasteiger partial charge >= 0.3 is 5.97 Å². The Balaban J connectivity index is 2.08. The van der Waals surface area contributed by atoms with E-state index in [4.69, 9.17) is 0 Å². The number of nitrogens with one attached hydrogen (secondary N) is 1. The summed E-state index contributed by atoms with van der Waals surface area (Å²) in [7, 11) is 0. The largest absolute Gasteiger partial charge is 0.480 e. The fourth-order valence-electron chi connectivity index (χ4n) is 1.98. The molecule has 0 radical (unpaired) electrons. The number of hydrogen-bond donors (Lipinski definition) is 2. The van der Waals surface area contributed by atoms with E-state index in [0.717, 1.165) is 23.4 Å².